The highest BCUT2D eigenvalue weighted by Gasteiger charge is 2.08. The van der Waals surface area contributed by atoms with Crippen LogP contribution in [0.4, 0.5) is 5.69 Å². The van der Waals surface area contributed by atoms with Gasteiger partial charge in [0.25, 0.3) is 5.91 Å². The van der Waals surface area contributed by atoms with E-state index in [0.29, 0.717) is 11.3 Å². The Morgan fingerprint density at radius 2 is 2.22 bits per heavy atom. The van der Waals surface area contributed by atoms with Crippen molar-refractivity contribution in [3.8, 4) is 6.07 Å². The minimum atomic E-state index is -0.430. The van der Waals surface area contributed by atoms with Crippen LogP contribution in [0.25, 0.3) is 0 Å². The first kappa shape index (κ1) is 12.0. The molecule has 6 heteroatoms. The molecule has 0 aliphatic carbocycles. The number of carbonyl (C=O) groups is 1. The number of hydrogen-bond donors (Lipinski definition) is 1. The van der Waals surface area contributed by atoms with E-state index >= 15 is 0 Å². The summed E-state index contributed by atoms with van der Waals surface area (Å²) in [5.74, 6) is -0.430. The van der Waals surface area contributed by atoms with Crippen LogP contribution < -0.4 is 5.32 Å². The SMILES string of the molecule is N#Cc1cccc(NC(=O)c2cncc(Cl)n2)c1. The highest BCUT2D eigenvalue weighted by atomic mass is 35.5. The standard InChI is InChI=1S/C12H7ClN4O/c13-11-7-15-6-10(17-11)12(18)16-9-3-1-2-8(4-9)5-14/h1-4,6-7H,(H,16,18). The molecule has 1 heterocycles. The number of nitriles is 1. The maximum Gasteiger partial charge on any atom is 0.275 e. The highest BCUT2D eigenvalue weighted by Crippen LogP contribution is 2.11. The van der Waals surface area contributed by atoms with Crippen LogP contribution >= 0.6 is 11.6 Å². The molecular weight excluding hydrogens is 252 g/mol. The maximum absolute atomic E-state index is 11.8. The zero-order chi connectivity index (χ0) is 13.0. The molecule has 0 bridgehead atoms. The van der Waals surface area contributed by atoms with Crippen LogP contribution in [0.3, 0.4) is 0 Å². The van der Waals surface area contributed by atoms with Gasteiger partial charge in [-0.05, 0) is 18.2 Å². The molecule has 88 valence electrons. The van der Waals surface area contributed by atoms with Crippen LogP contribution in [-0.4, -0.2) is 15.9 Å². The molecule has 0 atom stereocenters. The fourth-order valence-corrected chi connectivity index (χ4v) is 1.46. The molecule has 0 saturated heterocycles. The third-order valence-electron chi connectivity index (χ3n) is 2.09. The molecule has 2 aromatic rings. The number of rotatable bonds is 2. The molecule has 18 heavy (non-hydrogen) atoms. The number of nitrogens with zero attached hydrogens (tertiary/aromatic N) is 3. The Morgan fingerprint density at radius 3 is 2.94 bits per heavy atom. The van der Waals surface area contributed by atoms with Gasteiger partial charge in [0.2, 0.25) is 0 Å². The lowest BCUT2D eigenvalue weighted by molar-refractivity contribution is 0.102. The van der Waals surface area contributed by atoms with Crippen LogP contribution in [-0.2, 0) is 0 Å². The van der Waals surface area contributed by atoms with E-state index in [9.17, 15) is 4.79 Å². The van der Waals surface area contributed by atoms with Crippen molar-refractivity contribution < 1.29 is 4.79 Å². The van der Waals surface area contributed by atoms with E-state index in [2.05, 4.69) is 15.3 Å². The van der Waals surface area contributed by atoms with E-state index in [0.717, 1.165) is 0 Å². The minimum Gasteiger partial charge on any atom is -0.321 e. The van der Waals surface area contributed by atoms with E-state index in [1.165, 1.54) is 12.4 Å². The van der Waals surface area contributed by atoms with E-state index < -0.39 is 5.91 Å². The van der Waals surface area contributed by atoms with Gasteiger partial charge in [0.15, 0.2) is 0 Å². The molecule has 0 aliphatic rings. The van der Waals surface area contributed by atoms with Gasteiger partial charge in [-0.1, -0.05) is 17.7 Å². The Morgan fingerprint density at radius 1 is 1.39 bits per heavy atom. The van der Waals surface area contributed by atoms with Crippen molar-refractivity contribution in [1.82, 2.24) is 9.97 Å². The molecule has 0 spiro atoms. The molecule has 0 unspecified atom stereocenters. The Balaban J connectivity index is 2.19. The van der Waals surface area contributed by atoms with Gasteiger partial charge in [-0.25, -0.2) is 4.98 Å². The number of benzene rings is 1. The number of aromatic nitrogens is 2. The number of carbonyl (C=O) groups excluding carboxylic acids is 1. The lowest BCUT2D eigenvalue weighted by Crippen LogP contribution is -2.14. The maximum atomic E-state index is 11.8. The lowest BCUT2D eigenvalue weighted by Gasteiger charge is -2.04. The topological polar surface area (TPSA) is 78.7 Å². The van der Waals surface area contributed by atoms with Gasteiger partial charge >= 0.3 is 0 Å². The fourth-order valence-electron chi connectivity index (χ4n) is 1.31. The number of halogens is 1. The third-order valence-corrected chi connectivity index (χ3v) is 2.27. The van der Waals surface area contributed by atoms with E-state index in [-0.39, 0.29) is 10.8 Å². The van der Waals surface area contributed by atoms with E-state index in [1.807, 2.05) is 6.07 Å². The van der Waals surface area contributed by atoms with Crippen molar-refractivity contribution in [2.45, 2.75) is 0 Å². The summed E-state index contributed by atoms with van der Waals surface area (Å²) >= 11 is 5.64. The van der Waals surface area contributed by atoms with Crippen LogP contribution in [0.15, 0.2) is 36.7 Å². The van der Waals surface area contributed by atoms with Crippen molar-refractivity contribution >= 4 is 23.2 Å². The second-order valence-corrected chi connectivity index (χ2v) is 3.76. The number of amides is 1. The van der Waals surface area contributed by atoms with Gasteiger partial charge in [0, 0.05) is 5.69 Å². The molecule has 5 nitrogen and oxygen atoms in total. The zero-order valence-corrected chi connectivity index (χ0v) is 9.85. The average Bonchev–Trinajstić information content (AvgIpc) is 2.39. The van der Waals surface area contributed by atoms with Crippen LogP contribution in [0.5, 0.6) is 0 Å². The smallest absolute Gasteiger partial charge is 0.275 e. The predicted molar refractivity (Wildman–Crippen MR) is 66.2 cm³/mol. The first-order valence-corrected chi connectivity index (χ1v) is 5.36. The second-order valence-electron chi connectivity index (χ2n) is 3.37. The van der Waals surface area contributed by atoms with E-state index in [1.54, 1.807) is 24.3 Å². The summed E-state index contributed by atoms with van der Waals surface area (Å²) in [6.07, 6.45) is 2.66. The summed E-state index contributed by atoms with van der Waals surface area (Å²) in [5, 5.41) is 11.5. The Kier molecular flexibility index (Phi) is 3.51. The third kappa shape index (κ3) is 2.81. The van der Waals surface area contributed by atoms with Crippen LogP contribution in [0, 0.1) is 11.3 Å². The Bertz CT molecular complexity index is 636. The van der Waals surface area contributed by atoms with E-state index in [4.69, 9.17) is 16.9 Å². The van der Waals surface area contributed by atoms with Crippen molar-refractivity contribution in [2.75, 3.05) is 5.32 Å². The Labute approximate surface area is 108 Å². The second kappa shape index (κ2) is 5.25. The first-order valence-electron chi connectivity index (χ1n) is 4.98. The zero-order valence-electron chi connectivity index (χ0n) is 9.09. The highest BCUT2D eigenvalue weighted by molar-refractivity contribution is 6.29. The van der Waals surface area contributed by atoms with Crippen LogP contribution in [0.2, 0.25) is 5.15 Å². The summed E-state index contributed by atoms with van der Waals surface area (Å²) in [5.41, 5.74) is 1.09. The van der Waals surface area contributed by atoms with Crippen molar-refractivity contribution in [2.24, 2.45) is 0 Å². The minimum absolute atomic E-state index is 0.116. The van der Waals surface area contributed by atoms with Crippen molar-refractivity contribution in [3.63, 3.8) is 0 Å². The predicted octanol–water partition coefficient (Wildman–Crippen LogP) is 2.25. The van der Waals surface area contributed by atoms with Gasteiger partial charge in [-0.3, -0.25) is 9.78 Å². The summed E-state index contributed by atoms with van der Waals surface area (Å²) < 4.78 is 0. The fraction of sp³-hybridized carbons (Fsp3) is 0. The van der Waals surface area contributed by atoms with Gasteiger partial charge in [-0.15, -0.1) is 0 Å². The number of hydrogen-bond acceptors (Lipinski definition) is 4. The summed E-state index contributed by atoms with van der Waals surface area (Å²) in [7, 11) is 0. The van der Waals surface area contributed by atoms with Crippen LogP contribution in [0.1, 0.15) is 16.1 Å². The molecule has 0 fully saturated rings. The summed E-state index contributed by atoms with van der Waals surface area (Å²) in [6, 6.07) is 8.56. The van der Waals surface area contributed by atoms with Gasteiger partial charge < -0.3 is 5.32 Å². The average molecular weight is 259 g/mol. The number of nitrogens with one attached hydrogen (secondary N) is 1. The molecule has 1 aromatic heterocycles. The number of anilines is 1. The molecule has 1 N–H and O–H groups in total. The first-order chi connectivity index (χ1) is 8.69. The van der Waals surface area contributed by atoms with Gasteiger partial charge in [0.1, 0.15) is 10.8 Å². The lowest BCUT2D eigenvalue weighted by atomic mass is 10.2. The molecule has 1 amide bonds. The largest absolute Gasteiger partial charge is 0.321 e. The Hall–Kier alpha value is -2.45. The molecule has 0 saturated carbocycles. The van der Waals surface area contributed by atoms with Crippen molar-refractivity contribution in [3.05, 3.63) is 53.1 Å². The monoisotopic (exact) mass is 258 g/mol. The quantitative estimate of drug-likeness (QED) is 0.896. The molecule has 0 aliphatic heterocycles. The normalized spacial score (nSPS) is 9.56. The molecule has 1 aromatic carbocycles. The van der Waals surface area contributed by atoms with Gasteiger partial charge in [-0.2, -0.15) is 5.26 Å². The van der Waals surface area contributed by atoms with Crippen molar-refractivity contribution in [1.29, 1.82) is 5.26 Å². The summed E-state index contributed by atoms with van der Waals surface area (Å²) in [4.78, 5) is 19.4. The van der Waals surface area contributed by atoms with Gasteiger partial charge in [0.05, 0.1) is 24.0 Å². The molecular formula is C12H7ClN4O. The molecule has 2 rings (SSSR count). The summed E-state index contributed by atoms with van der Waals surface area (Å²) in [6.45, 7) is 0. The molecule has 0 radical (unpaired) electrons.